The highest BCUT2D eigenvalue weighted by atomic mass is 35.5. The van der Waals surface area contributed by atoms with Crippen molar-refractivity contribution in [3.63, 3.8) is 0 Å². The van der Waals surface area contributed by atoms with Crippen molar-refractivity contribution in [2.24, 2.45) is 4.99 Å². The molecular formula is C11H11ClFNS. The second-order valence-electron chi connectivity index (χ2n) is 3.09. The minimum absolute atomic E-state index is 0.365. The fourth-order valence-corrected chi connectivity index (χ4v) is 1.35. The summed E-state index contributed by atoms with van der Waals surface area (Å²) in [7, 11) is 0. The molecule has 15 heavy (non-hydrogen) atoms. The van der Waals surface area contributed by atoms with Crippen molar-refractivity contribution < 1.29 is 4.39 Å². The molecule has 0 radical (unpaired) electrons. The fourth-order valence-electron chi connectivity index (χ4n) is 1.14. The average Bonchev–Trinajstić information content (AvgIpc) is 2.17. The van der Waals surface area contributed by atoms with Gasteiger partial charge in [-0.15, -0.1) is 12.6 Å². The first-order valence-corrected chi connectivity index (χ1v) is 5.25. The molecule has 0 atom stereocenters. The van der Waals surface area contributed by atoms with Crippen LogP contribution in [0, 0.1) is 5.82 Å². The molecule has 0 fully saturated rings. The second-order valence-corrected chi connectivity index (χ2v) is 3.79. The average molecular weight is 244 g/mol. The summed E-state index contributed by atoms with van der Waals surface area (Å²) < 4.78 is 13.5. The topological polar surface area (TPSA) is 12.4 Å². The Hall–Kier alpha value is -0.800. The van der Waals surface area contributed by atoms with Crippen LogP contribution >= 0.6 is 24.2 Å². The van der Waals surface area contributed by atoms with E-state index in [2.05, 4.69) is 17.6 Å². The van der Waals surface area contributed by atoms with Crippen LogP contribution in [0.2, 0.25) is 5.02 Å². The molecule has 0 aromatic heterocycles. The molecule has 1 rings (SSSR count). The second kappa shape index (κ2) is 5.33. The predicted molar refractivity (Wildman–Crippen MR) is 66.4 cm³/mol. The van der Waals surface area contributed by atoms with Crippen LogP contribution in [0.15, 0.2) is 34.3 Å². The van der Waals surface area contributed by atoms with Crippen LogP contribution in [-0.4, -0.2) is 5.71 Å². The first-order chi connectivity index (χ1) is 7.04. The summed E-state index contributed by atoms with van der Waals surface area (Å²) in [5, 5.41) is 1.95. The van der Waals surface area contributed by atoms with Crippen molar-refractivity contribution in [3.8, 4) is 0 Å². The van der Waals surface area contributed by atoms with Gasteiger partial charge in [-0.1, -0.05) is 11.6 Å². The zero-order valence-electron chi connectivity index (χ0n) is 8.46. The van der Waals surface area contributed by atoms with Gasteiger partial charge in [-0.3, -0.25) is 4.99 Å². The summed E-state index contributed by atoms with van der Waals surface area (Å²) in [5.41, 5.74) is 1.78. The third-order valence-electron chi connectivity index (χ3n) is 1.85. The van der Waals surface area contributed by atoms with Gasteiger partial charge in [0.05, 0.1) is 0 Å². The van der Waals surface area contributed by atoms with Gasteiger partial charge in [0.2, 0.25) is 0 Å². The first kappa shape index (κ1) is 12.3. The van der Waals surface area contributed by atoms with Crippen LogP contribution in [-0.2, 0) is 0 Å². The van der Waals surface area contributed by atoms with Gasteiger partial charge in [-0.05, 0) is 37.5 Å². The molecule has 4 heteroatoms. The number of aliphatic imine (C=N–C) groups is 1. The molecule has 1 aromatic rings. The summed E-state index contributed by atoms with van der Waals surface area (Å²) in [4.78, 5) is 4.17. The van der Waals surface area contributed by atoms with Crippen molar-refractivity contribution in [3.05, 3.63) is 45.7 Å². The highest BCUT2D eigenvalue weighted by molar-refractivity contribution is 7.83. The SMILES string of the molecule is CC(=N/C(C)=C\S)c1ccc(Cl)cc1F. The van der Waals surface area contributed by atoms with Crippen LogP contribution < -0.4 is 0 Å². The van der Waals surface area contributed by atoms with Crippen molar-refractivity contribution in [1.29, 1.82) is 0 Å². The van der Waals surface area contributed by atoms with Crippen molar-refractivity contribution in [2.75, 3.05) is 0 Å². The predicted octanol–water partition coefficient (Wildman–Crippen LogP) is 4.08. The van der Waals surface area contributed by atoms with E-state index in [0.29, 0.717) is 16.3 Å². The Bertz CT molecular complexity index is 427. The molecule has 80 valence electrons. The summed E-state index contributed by atoms with van der Waals surface area (Å²) >= 11 is 9.61. The highest BCUT2D eigenvalue weighted by Crippen LogP contribution is 2.16. The molecule has 0 heterocycles. The molecule has 0 aliphatic rings. The van der Waals surface area contributed by atoms with E-state index >= 15 is 0 Å². The number of hydrogen-bond acceptors (Lipinski definition) is 2. The number of rotatable bonds is 2. The minimum atomic E-state index is -0.365. The van der Waals surface area contributed by atoms with Crippen LogP contribution in [0.5, 0.6) is 0 Å². The third kappa shape index (κ3) is 3.36. The van der Waals surface area contributed by atoms with E-state index in [9.17, 15) is 4.39 Å². The minimum Gasteiger partial charge on any atom is -0.257 e. The van der Waals surface area contributed by atoms with E-state index in [1.165, 1.54) is 6.07 Å². The van der Waals surface area contributed by atoms with Gasteiger partial charge in [0, 0.05) is 22.0 Å². The third-order valence-corrected chi connectivity index (χ3v) is 2.46. The lowest BCUT2D eigenvalue weighted by molar-refractivity contribution is 0.625. The molecule has 0 aliphatic heterocycles. The Labute approximate surface area is 99.1 Å². The molecule has 0 spiro atoms. The number of benzene rings is 1. The van der Waals surface area contributed by atoms with Crippen LogP contribution in [0.3, 0.4) is 0 Å². The van der Waals surface area contributed by atoms with Crippen molar-refractivity contribution in [2.45, 2.75) is 13.8 Å². The van der Waals surface area contributed by atoms with Gasteiger partial charge in [0.15, 0.2) is 0 Å². The van der Waals surface area contributed by atoms with E-state index in [1.54, 1.807) is 31.4 Å². The number of nitrogens with zero attached hydrogens (tertiary/aromatic N) is 1. The molecule has 0 aliphatic carbocycles. The molecule has 0 unspecified atom stereocenters. The molecule has 0 saturated carbocycles. The monoisotopic (exact) mass is 243 g/mol. The summed E-state index contributed by atoms with van der Waals surface area (Å²) in [6.07, 6.45) is 0. The Balaban J connectivity index is 3.12. The van der Waals surface area contributed by atoms with E-state index < -0.39 is 0 Å². The van der Waals surface area contributed by atoms with Crippen LogP contribution in [0.1, 0.15) is 19.4 Å². The maximum absolute atomic E-state index is 13.5. The zero-order chi connectivity index (χ0) is 11.4. The summed E-state index contributed by atoms with van der Waals surface area (Å²) in [6, 6.07) is 4.52. The van der Waals surface area contributed by atoms with E-state index in [4.69, 9.17) is 11.6 Å². The number of allylic oxidation sites excluding steroid dienone is 1. The highest BCUT2D eigenvalue weighted by Gasteiger charge is 2.05. The molecule has 0 amide bonds. The lowest BCUT2D eigenvalue weighted by Crippen LogP contribution is -1.98. The summed E-state index contributed by atoms with van der Waals surface area (Å²) in [6.45, 7) is 3.54. The quantitative estimate of drug-likeness (QED) is 0.594. The molecular weight excluding hydrogens is 233 g/mol. The number of thiol groups is 1. The Morgan fingerprint density at radius 2 is 2.13 bits per heavy atom. The standard InChI is InChI=1S/C11H11ClFNS/c1-7(6-15)14-8(2)10-4-3-9(12)5-11(10)13/h3-6,15H,1-2H3/b7-6-,14-8?. The van der Waals surface area contributed by atoms with Gasteiger partial charge >= 0.3 is 0 Å². The van der Waals surface area contributed by atoms with Gasteiger partial charge < -0.3 is 0 Å². The van der Waals surface area contributed by atoms with E-state index in [-0.39, 0.29) is 5.82 Å². The van der Waals surface area contributed by atoms with Gasteiger partial charge in [0.25, 0.3) is 0 Å². The van der Waals surface area contributed by atoms with Gasteiger partial charge in [0.1, 0.15) is 5.82 Å². The molecule has 1 aromatic carbocycles. The molecule has 1 nitrogen and oxygen atoms in total. The first-order valence-electron chi connectivity index (χ1n) is 4.36. The number of hydrogen-bond donors (Lipinski definition) is 1. The van der Waals surface area contributed by atoms with Crippen molar-refractivity contribution in [1.82, 2.24) is 0 Å². The lowest BCUT2D eigenvalue weighted by Gasteiger charge is -2.03. The van der Waals surface area contributed by atoms with E-state index in [0.717, 1.165) is 5.70 Å². The van der Waals surface area contributed by atoms with Gasteiger partial charge in [-0.2, -0.15) is 0 Å². The Morgan fingerprint density at radius 1 is 1.47 bits per heavy atom. The fraction of sp³-hybridized carbons (Fsp3) is 0.182. The molecule has 0 saturated heterocycles. The van der Waals surface area contributed by atoms with Crippen molar-refractivity contribution >= 4 is 29.9 Å². The largest absolute Gasteiger partial charge is 0.257 e. The maximum Gasteiger partial charge on any atom is 0.133 e. The zero-order valence-corrected chi connectivity index (χ0v) is 10.1. The van der Waals surface area contributed by atoms with E-state index in [1.807, 2.05) is 0 Å². The summed E-state index contributed by atoms with van der Waals surface area (Å²) in [5.74, 6) is -0.365. The molecule has 0 N–H and O–H groups in total. The Morgan fingerprint density at radius 3 is 2.67 bits per heavy atom. The lowest BCUT2D eigenvalue weighted by atomic mass is 10.1. The van der Waals surface area contributed by atoms with Crippen LogP contribution in [0.25, 0.3) is 0 Å². The Kier molecular flexibility index (Phi) is 4.36. The maximum atomic E-state index is 13.5. The molecule has 0 bridgehead atoms. The number of halogens is 2. The van der Waals surface area contributed by atoms with Crippen LogP contribution in [0.4, 0.5) is 4.39 Å². The van der Waals surface area contributed by atoms with Gasteiger partial charge in [-0.25, -0.2) is 4.39 Å². The smallest absolute Gasteiger partial charge is 0.133 e. The normalized spacial score (nSPS) is 13.1.